The van der Waals surface area contributed by atoms with Gasteiger partial charge in [-0.15, -0.1) is 0 Å². The monoisotopic (exact) mass is 320 g/mol. The fraction of sp³-hybridized carbons (Fsp3) is 0.105. The van der Waals surface area contributed by atoms with Crippen LogP contribution in [0.2, 0.25) is 0 Å². The topological polar surface area (TPSA) is 71.7 Å². The van der Waals surface area contributed by atoms with Gasteiger partial charge < -0.3 is 4.42 Å². The summed E-state index contributed by atoms with van der Waals surface area (Å²) in [5.74, 6) is -0.337. The average Bonchev–Trinajstić information content (AvgIpc) is 2.57. The van der Waals surface area contributed by atoms with Gasteiger partial charge >= 0.3 is 0 Å². The molecular formula is C19H16N2O3. The van der Waals surface area contributed by atoms with Crippen molar-refractivity contribution >= 4 is 23.1 Å². The minimum absolute atomic E-state index is 0.187. The molecular weight excluding hydrogens is 304 g/mol. The van der Waals surface area contributed by atoms with Gasteiger partial charge in [0.15, 0.2) is 0 Å². The minimum atomic E-state index is -0.337. The van der Waals surface area contributed by atoms with Crippen molar-refractivity contribution in [3.05, 3.63) is 81.2 Å². The molecule has 1 amide bonds. The van der Waals surface area contributed by atoms with Gasteiger partial charge in [-0.1, -0.05) is 29.3 Å². The second-order valence-corrected chi connectivity index (χ2v) is 5.59. The number of carbonyl (C=O) groups is 1. The highest BCUT2D eigenvalue weighted by atomic mass is 16.3. The van der Waals surface area contributed by atoms with E-state index < -0.39 is 0 Å². The van der Waals surface area contributed by atoms with Gasteiger partial charge in [0.25, 0.3) is 5.91 Å². The van der Waals surface area contributed by atoms with E-state index in [0.29, 0.717) is 16.5 Å². The van der Waals surface area contributed by atoms with Crippen molar-refractivity contribution in [1.29, 1.82) is 0 Å². The molecule has 1 heterocycles. The number of nitrogens with one attached hydrogen (secondary N) is 1. The van der Waals surface area contributed by atoms with Crippen LogP contribution in [0.5, 0.6) is 0 Å². The number of rotatable bonds is 3. The molecule has 0 unspecified atom stereocenters. The number of hydrogen-bond acceptors (Lipinski definition) is 4. The quantitative estimate of drug-likeness (QED) is 0.595. The van der Waals surface area contributed by atoms with Gasteiger partial charge in [-0.25, -0.2) is 5.43 Å². The fourth-order valence-corrected chi connectivity index (χ4v) is 2.36. The molecule has 0 radical (unpaired) electrons. The summed E-state index contributed by atoms with van der Waals surface area (Å²) in [5, 5.41) is 4.34. The van der Waals surface area contributed by atoms with Gasteiger partial charge in [0.2, 0.25) is 5.43 Å². The highest BCUT2D eigenvalue weighted by molar-refractivity contribution is 5.95. The average molecular weight is 320 g/mol. The first kappa shape index (κ1) is 15.7. The normalized spacial score (nSPS) is 11.1. The second kappa shape index (κ2) is 6.50. The molecule has 0 saturated heterocycles. The summed E-state index contributed by atoms with van der Waals surface area (Å²) in [7, 11) is 0. The number of benzene rings is 2. The SMILES string of the molecule is Cc1cccc(C(=O)N/N=C/c2coc3ccc(C)cc3c2=O)c1. The molecule has 1 N–H and O–H groups in total. The maximum absolute atomic E-state index is 12.4. The fourth-order valence-electron chi connectivity index (χ4n) is 2.36. The van der Waals surface area contributed by atoms with Crippen LogP contribution < -0.4 is 10.9 Å². The summed E-state index contributed by atoms with van der Waals surface area (Å²) in [6, 6.07) is 12.6. The standard InChI is InChI=1S/C19H16N2O3/c1-12-4-3-5-14(8-12)19(23)21-20-10-15-11-24-17-7-6-13(2)9-16(17)18(15)22/h3-11H,1-2H3,(H,21,23)/b20-10+. The van der Waals surface area contributed by atoms with E-state index in [9.17, 15) is 9.59 Å². The van der Waals surface area contributed by atoms with E-state index in [4.69, 9.17) is 4.42 Å². The van der Waals surface area contributed by atoms with Crippen LogP contribution >= 0.6 is 0 Å². The van der Waals surface area contributed by atoms with Crippen molar-refractivity contribution in [3.8, 4) is 0 Å². The molecule has 0 aliphatic heterocycles. The van der Waals surface area contributed by atoms with E-state index in [-0.39, 0.29) is 16.9 Å². The molecule has 0 spiro atoms. The smallest absolute Gasteiger partial charge is 0.271 e. The Balaban J connectivity index is 1.82. The lowest BCUT2D eigenvalue weighted by atomic mass is 10.1. The molecule has 3 aromatic rings. The number of aryl methyl sites for hydroxylation is 2. The zero-order valence-corrected chi connectivity index (χ0v) is 13.4. The molecule has 0 fully saturated rings. The van der Waals surface area contributed by atoms with E-state index in [2.05, 4.69) is 10.5 Å². The van der Waals surface area contributed by atoms with Crippen LogP contribution in [0.3, 0.4) is 0 Å². The summed E-state index contributed by atoms with van der Waals surface area (Å²) < 4.78 is 5.43. The molecule has 1 aromatic heterocycles. The molecule has 0 aliphatic carbocycles. The van der Waals surface area contributed by atoms with Crippen LogP contribution in [0, 0.1) is 13.8 Å². The Hall–Kier alpha value is -3.21. The number of hydrogen-bond donors (Lipinski definition) is 1. The third-order valence-corrected chi connectivity index (χ3v) is 3.60. The Morgan fingerprint density at radius 1 is 1.12 bits per heavy atom. The summed E-state index contributed by atoms with van der Waals surface area (Å²) in [5.41, 5.74) is 5.48. The summed E-state index contributed by atoms with van der Waals surface area (Å²) in [6.45, 7) is 3.81. The van der Waals surface area contributed by atoms with Gasteiger partial charge in [-0.05, 0) is 38.1 Å². The third-order valence-electron chi connectivity index (χ3n) is 3.60. The molecule has 5 heteroatoms. The first-order valence-corrected chi connectivity index (χ1v) is 7.47. The van der Waals surface area contributed by atoms with Gasteiger partial charge in [0.1, 0.15) is 11.8 Å². The Morgan fingerprint density at radius 2 is 1.92 bits per heavy atom. The predicted octanol–water partition coefficient (Wildman–Crippen LogP) is 3.17. The van der Waals surface area contributed by atoms with Gasteiger partial charge in [0.05, 0.1) is 17.2 Å². The van der Waals surface area contributed by atoms with Crippen LogP contribution in [0.4, 0.5) is 0 Å². The molecule has 5 nitrogen and oxygen atoms in total. The van der Waals surface area contributed by atoms with Crippen molar-refractivity contribution in [2.24, 2.45) is 5.10 Å². The summed E-state index contributed by atoms with van der Waals surface area (Å²) >= 11 is 0. The van der Waals surface area contributed by atoms with E-state index in [0.717, 1.165) is 11.1 Å². The van der Waals surface area contributed by atoms with Crippen molar-refractivity contribution < 1.29 is 9.21 Å². The van der Waals surface area contributed by atoms with Crippen LogP contribution in [-0.2, 0) is 0 Å². The highest BCUT2D eigenvalue weighted by Gasteiger charge is 2.06. The maximum atomic E-state index is 12.4. The van der Waals surface area contributed by atoms with Crippen LogP contribution in [0.25, 0.3) is 11.0 Å². The van der Waals surface area contributed by atoms with E-state index in [1.807, 2.05) is 26.0 Å². The van der Waals surface area contributed by atoms with Crippen LogP contribution in [0.15, 0.2) is 63.0 Å². The molecule has 3 rings (SSSR count). The molecule has 120 valence electrons. The highest BCUT2D eigenvalue weighted by Crippen LogP contribution is 2.12. The lowest BCUT2D eigenvalue weighted by molar-refractivity contribution is 0.0955. The van der Waals surface area contributed by atoms with Gasteiger partial charge in [0, 0.05) is 5.56 Å². The van der Waals surface area contributed by atoms with Crippen molar-refractivity contribution in [2.75, 3.05) is 0 Å². The van der Waals surface area contributed by atoms with Crippen LogP contribution in [0.1, 0.15) is 27.0 Å². The Kier molecular flexibility index (Phi) is 4.24. The summed E-state index contributed by atoms with van der Waals surface area (Å²) in [6.07, 6.45) is 2.63. The lowest BCUT2D eigenvalue weighted by Gasteiger charge is -2.01. The zero-order chi connectivity index (χ0) is 17.1. The van der Waals surface area contributed by atoms with Crippen molar-refractivity contribution in [3.63, 3.8) is 0 Å². The molecule has 24 heavy (non-hydrogen) atoms. The number of nitrogens with zero attached hydrogens (tertiary/aromatic N) is 1. The molecule has 0 atom stereocenters. The van der Waals surface area contributed by atoms with Crippen LogP contribution in [-0.4, -0.2) is 12.1 Å². The Labute approximate surface area is 138 Å². The molecule has 0 saturated carbocycles. The van der Waals surface area contributed by atoms with E-state index in [1.165, 1.54) is 12.5 Å². The van der Waals surface area contributed by atoms with Crippen molar-refractivity contribution in [1.82, 2.24) is 5.43 Å². The number of hydrazone groups is 1. The second-order valence-electron chi connectivity index (χ2n) is 5.59. The molecule has 0 bridgehead atoms. The van der Waals surface area contributed by atoms with Crippen molar-refractivity contribution in [2.45, 2.75) is 13.8 Å². The predicted molar refractivity (Wildman–Crippen MR) is 93.5 cm³/mol. The first-order valence-electron chi connectivity index (χ1n) is 7.47. The van der Waals surface area contributed by atoms with E-state index >= 15 is 0 Å². The molecule has 0 aliphatic rings. The Morgan fingerprint density at radius 3 is 2.71 bits per heavy atom. The largest absolute Gasteiger partial charge is 0.463 e. The Bertz CT molecular complexity index is 1000. The number of amides is 1. The minimum Gasteiger partial charge on any atom is -0.463 e. The molecule has 2 aromatic carbocycles. The third kappa shape index (κ3) is 3.25. The lowest BCUT2D eigenvalue weighted by Crippen LogP contribution is -2.18. The first-order chi connectivity index (χ1) is 11.5. The maximum Gasteiger partial charge on any atom is 0.271 e. The van der Waals surface area contributed by atoms with Gasteiger partial charge in [-0.2, -0.15) is 5.10 Å². The summed E-state index contributed by atoms with van der Waals surface area (Å²) in [4.78, 5) is 24.4. The zero-order valence-electron chi connectivity index (χ0n) is 13.4. The number of carbonyl (C=O) groups excluding carboxylic acids is 1. The number of fused-ring (bicyclic) bond motifs is 1. The van der Waals surface area contributed by atoms with Gasteiger partial charge in [-0.3, -0.25) is 9.59 Å². The van der Waals surface area contributed by atoms with E-state index in [1.54, 1.807) is 30.3 Å².